The highest BCUT2D eigenvalue weighted by Crippen LogP contribution is 2.11. The highest BCUT2D eigenvalue weighted by Gasteiger charge is 2.16. The summed E-state index contributed by atoms with van der Waals surface area (Å²) < 4.78 is 25.8. The first kappa shape index (κ1) is 15.1. The Labute approximate surface area is 110 Å². The number of carbonyl (C=O) groups is 2. The lowest BCUT2D eigenvalue weighted by molar-refractivity contribution is -0.119. The standard InChI is InChI=1S/C11H14N2O5S/c1-2-12-10(14)7-13-19(17,18)9-5-3-4-8(6-9)11(15)16/h3-6,13H,2,7H2,1H3,(H,12,14)(H,15,16). The zero-order valence-corrected chi connectivity index (χ0v) is 11.0. The van der Waals surface area contributed by atoms with Crippen LogP contribution in [-0.4, -0.2) is 38.5 Å². The van der Waals surface area contributed by atoms with Crippen LogP contribution >= 0.6 is 0 Å². The molecular weight excluding hydrogens is 272 g/mol. The van der Waals surface area contributed by atoms with Crippen molar-refractivity contribution in [2.24, 2.45) is 0 Å². The van der Waals surface area contributed by atoms with Gasteiger partial charge in [-0.25, -0.2) is 17.9 Å². The van der Waals surface area contributed by atoms with Crippen molar-refractivity contribution in [1.82, 2.24) is 10.0 Å². The number of carboxylic acids is 1. The van der Waals surface area contributed by atoms with Gasteiger partial charge in [0.2, 0.25) is 15.9 Å². The number of likely N-dealkylation sites (N-methyl/N-ethyl adjacent to an activating group) is 1. The molecule has 0 saturated carbocycles. The van der Waals surface area contributed by atoms with Crippen molar-refractivity contribution in [3.05, 3.63) is 29.8 Å². The molecule has 0 radical (unpaired) electrons. The zero-order chi connectivity index (χ0) is 14.5. The average molecular weight is 286 g/mol. The van der Waals surface area contributed by atoms with Crippen LogP contribution in [0.3, 0.4) is 0 Å². The second kappa shape index (κ2) is 6.30. The predicted molar refractivity (Wildman–Crippen MR) is 67.3 cm³/mol. The number of carboxylic acid groups (broad SMARTS) is 1. The summed E-state index contributed by atoms with van der Waals surface area (Å²) in [4.78, 5) is 21.7. The van der Waals surface area contributed by atoms with Crippen LogP contribution in [0.5, 0.6) is 0 Å². The molecule has 1 rings (SSSR count). The summed E-state index contributed by atoms with van der Waals surface area (Å²) in [6.45, 7) is 1.71. The largest absolute Gasteiger partial charge is 0.478 e. The van der Waals surface area contributed by atoms with Gasteiger partial charge in [-0.15, -0.1) is 0 Å². The van der Waals surface area contributed by atoms with Crippen molar-refractivity contribution in [3.8, 4) is 0 Å². The third-order valence-corrected chi connectivity index (χ3v) is 3.59. The molecule has 19 heavy (non-hydrogen) atoms. The van der Waals surface area contributed by atoms with Crippen molar-refractivity contribution < 1.29 is 23.1 Å². The van der Waals surface area contributed by atoms with Crippen LogP contribution < -0.4 is 10.0 Å². The van der Waals surface area contributed by atoms with Crippen LogP contribution in [-0.2, 0) is 14.8 Å². The SMILES string of the molecule is CCNC(=O)CNS(=O)(=O)c1cccc(C(=O)O)c1. The fourth-order valence-electron chi connectivity index (χ4n) is 1.30. The third-order valence-electron chi connectivity index (χ3n) is 2.19. The minimum Gasteiger partial charge on any atom is -0.478 e. The van der Waals surface area contributed by atoms with Crippen molar-refractivity contribution in [2.45, 2.75) is 11.8 Å². The molecule has 0 aliphatic rings. The van der Waals surface area contributed by atoms with E-state index in [1.54, 1.807) is 6.92 Å². The van der Waals surface area contributed by atoms with Crippen molar-refractivity contribution in [1.29, 1.82) is 0 Å². The highest BCUT2D eigenvalue weighted by molar-refractivity contribution is 7.89. The topological polar surface area (TPSA) is 113 Å². The Morgan fingerprint density at radius 1 is 1.32 bits per heavy atom. The number of nitrogens with one attached hydrogen (secondary N) is 2. The smallest absolute Gasteiger partial charge is 0.335 e. The van der Waals surface area contributed by atoms with E-state index in [0.717, 1.165) is 6.07 Å². The second-order valence-electron chi connectivity index (χ2n) is 3.61. The van der Waals surface area contributed by atoms with Gasteiger partial charge < -0.3 is 10.4 Å². The van der Waals surface area contributed by atoms with E-state index < -0.39 is 28.4 Å². The number of hydrogen-bond donors (Lipinski definition) is 3. The number of rotatable bonds is 6. The summed E-state index contributed by atoms with van der Waals surface area (Å²) in [5.74, 6) is -1.68. The molecular formula is C11H14N2O5S. The minimum atomic E-state index is -3.90. The van der Waals surface area contributed by atoms with Gasteiger partial charge in [-0.3, -0.25) is 4.79 Å². The molecule has 1 amide bonds. The number of benzene rings is 1. The zero-order valence-electron chi connectivity index (χ0n) is 10.2. The molecule has 0 aromatic heterocycles. The van der Waals surface area contributed by atoms with Gasteiger partial charge in [0.1, 0.15) is 0 Å². The normalized spacial score (nSPS) is 11.0. The lowest BCUT2D eigenvalue weighted by Crippen LogP contribution is -2.36. The second-order valence-corrected chi connectivity index (χ2v) is 5.38. The molecule has 3 N–H and O–H groups in total. The first-order valence-corrected chi connectivity index (χ1v) is 6.95. The van der Waals surface area contributed by atoms with E-state index >= 15 is 0 Å². The van der Waals surface area contributed by atoms with Gasteiger partial charge in [0.05, 0.1) is 17.0 Å². The molecule has 104 valence electrons. The molecule has 0 aliphatic heterocycles. The first-order valence-electron chi connectivity index (χ1n) is 5.46. The average Bonchev–Trinajstić information content (AvgIpc) is 2.37. The van der Waals surface area contributed by atoms with Gasteiger partial charge in [0.15, 0.2) is 0 Å². The number of amides is 1. The van der Waals surface area contributed by atoms with Crippen molar-refractivity contribution in [3.63, 3.8) is 0 Å². The maximum absolute atomic E-state index is 11.8. The minimum absolute atomic E-state index is 0.138. The summed E-state index contributed by atoms with van der Waals surface area (Å²) >= 11 is 0. The molecule has 0 heterocycles. The molecule has 8 heteroatoms. The van der Waals surface area contributed by atoms with Crippen LogP contribution in [0.25, 0.3) is 0 Å². The lowest BCUT2D eigenvalue weighted by Gasteiger charge is -2.07. The Hall–Kier alpha value is -1.93. The summed E-state index contributed by atoms with van der Waals surface area (Å²) in [6, 6.07) is 4.89. The summed E-state index contributed by atoms with van der Waals surface area (Å²) in [6.07, 6.45) is 0. The molecule has 0 atom stereocenters. The van der Waals surface area contributed by atoms with E-state index in [1.807, 2.05) is 0 Å². The molecule has 1 aromatic rings. The van der Waals surface area contributed by atoms with E-state index in [-0.39, 0.29) is 10.5 Å². The fraction of sp³-hybridized carbons (Fsp3) is 0.273. The van der Waals surface area contributed by atoms with Crippen LogP contribution in [0.2, 0.25) is 0 Å². The van der Waals surface area contributed by atoms with E-state index in [4.69, 9.17) is 5.11 Å². The predicted octanol–water partition coefficient (Wildman–Crippen LogP) is -0.201. The van der Waals surface area contributed by atoms with E-state index in [9.17, 15) is 18.0 Å². The number of carbonyl (C=O) groups excluding carboxylic acids is 1. The maximum atomic E-state index is 11.8. The van der Waals surface area contributed by atoms with Gasteiger partial charge in [-0.2, -0.15) is 0 Å². The van der Waals surface area contributed by atoms with Gasteiger partial charge in [-0.05, 0) is 25.1 Å². The Balaban J connectivity index is 2.85. The maximum Gasteiger partial charge on any atom is 0.335 e. The van der Waals surface area contributed by atoms with Crippen LogP contribution in [0, 0.1) is 0 Å². The van der Waals surface area contributed by atoms with Gasteiger partial charge in [-0.1, -0.05) is 6.07 Å². The van der Waals surface area contributed by atoms with Crippen LogP contribution in [0.4, 0.5) is 0 Å². The van der Waals surface area contributed by atoms with E-state index in [1.165, 1.54) is 18.2 Å². The van der Waals surface area contributed by atoms with E-state index in [0.29, 0.717) is 6.54 Å². The number of aromatic carboxylic acids is 1. The quantitative estimate of drug-likeness (QED) is 0.670. The van der Waals surface area contributed by atoms with Crippen LogP contribution in [0.15, 0.2) is 29.2 Å². The Morgan fingerprint density at radius 3 is 2.58 bits per heavy atom. The molecule has 0 bridgehead atoms. The lowest BCUT2D eigenvalue weighted by atomic mass is 10.2. The number of sulfonamides is 1. The fourth-order valence-corrected chi connectivity index (χ4v) is 2.33. The van der Waals surface area contributed by atoms with Gasteiger partial charge in [0.25, 0.3) is 0 Å². The molecule has 0 aliphatic carbocycles. The van der Waals surface area contributed by atoms with E-state index in [2.05, 4.69) is 10.0 Å². The molecule has 0 saturated heterocycles. The summed E-state index contributed by atoms with van der Waals surface area (Å²) in [5.41, 5.74) is -0.138. The highest BCUT2D eigenvalue weighted by atomic mass is 32.2. The first-order chi connectivity index (χ1) is 8.86. The Morgan fingerprint density at radius 2 is 2.00 bits per heavy atom. The Kier molecular flexibility index (Phi) is 5.02. The number of hydrogen-bond acceptors (Lipinski definition) is 4. The van der Waals surface area contributed by atoms with Crippen LogP contribution in [0.1, 0.15) is 17.3 Å². The molecule has 0 fully saturated rings. The Bertz CT molecular complexity index is 583. The third kappa shape index (κ3) is 4.34. The molecule has 7 nitrogen and oxygen atoms in total. The summed E-state index contributed by atoms with van der Waals surface area (Å²) in [5, 5.41) is 11.2. The van der Waals surface area contributed by atoms with Crippen molar-refractivity contribution >= 4 is 21.9 Å². The van der Waals surface area contributed by atoms with Gasteiger partial charge >= 0.3 is 5.97 Å². The molecule has 1 aromatic carbocycles. The van der Waals surface area contributed by atoms with Crippen molar-refractivity contribution in [2.75, 3.05) is 13.1 Å². The van der Waals surface area contributed by atoms with Gasteiger partial charge in [0, 0.05) is 6.54 Å². The monoisotopic (exact) mass is 286 g/mol. The molecule has 0 unspecified atom stereocenters. The summed E-state index contributed by atoms with van der Waals surface area (Å²) in [7, 11) is -3.90. The molecule has 0 spiro atoms.